The summed E-state index contributed by atoms with van der Waals surface area (Å²) < 4.78 is 0. The molecule has 96 valence electrons. The number of piperidine rings is 1. The molecule has 0 aromatic carbocycles. The Bertz CT molecular complexity index is 446. The molecule has 0 unspecified atom stereocenters. The summed E-state index contributed by atoms with van der Waals surface area (Å²) in [6.45, 7) is 4.80. The number of nitrogens with one attached hydrogen (secondary N) is 1. The van der Waals surface area contributed by atoms with Gasteiger partial charge in [-0.2, -0.15) is 0 Å². The maximum Gasteiger partial charge on any atom is 0.255 e. The molecule has 2 aliphatic heterocycles. The Morgan fingerprint density at radius 2 is 2.33 bits per heavy atom. The van der Waals surface area contributed by atoms with E-state index < -0.39 is 0 Å². The molecular formula is C14H19N3O. The van der Waals surface area contributed by atoms with Crippen LogP contribution in [0.3, 0.4) is 0 Å². The number of likely N-dealkylation sites (tertiary alicyclic amines) is 1. The van der Waals surface area contributed by atoms with Crippen molar-refractivity contribution in [3.8, 4) is 0 Å². The van der Waals surface area contributed by atoms with Crippen LogP contribution < -0.4 is 5.32 Å². The number of carbonyl (C=O) groups is 1. The van der Waals surface area contributed by atoms with Gasteiger partial charge in [0.25, 0.3) is 5.91 Å². The lowest BCUT2D eigenvalue weighted by Crippen LogP contribution is -2.41. The van der Waals surface area contributed by atoms with Crippen LogP contribution >= 0.6 is 0 Å². The van der Waals surface area contributed by atoms with Gasteiger partial charge in [0, 0.05) is 31.5 Å². The quantitative estimate of drug-likeness (QED) is 0.809. The molecule has 2 atom stereocenters. The highest BCUT2D eigenvalue weighted by atomic mass is 16.2. The number of fused-ring (bicyclic) bond motifs is 1. The number of aromatic nitrogens is 1. The van der Waals surface area contributed by atoms with Crippen LogP contribution in [0, 0.1) is 12.8 Å². The van der Waals surface area contributed by atoms with Gasteiger partial charge in [-0.15, -0.1) is 0 Å². The van der Waals surface area contributed by atoms with E-state index in [0.29, 0.717) is 17.5 Å². The monoisotopic (exact) mass is 245 g/mol. The molecule has 4 nitrogen and oxygen atoms in total. The Balaban J connectivity index is 1.74. The lowest BCUT2D eigenvalue weighted by molar-refractivity contribution is 0.0785. The normalized spacial score (nSPS) is 27.1. The van der Waals surface area contributed by atoms with Crippen molar-refractivity contribution in [1.29, 1.82) is 0 Å². The Morgan fingerprint density at radius 3 is 3.11 bits per heavy atom. The second-order valence-electron chi connectivity index (χ2n) is 5.42. The summed E-state index contributed by atoms with van der Waals surface area (Å²) in [5.41, 5.74) is 1.75. The van der Waals surface area contributed by atoms with Crippen molar-refractivity contribution >= 4 is 5.91 Å². The van der Waals surface area contributed by atoms with E-state index in [2.05, 4.69) is 10.3 Å². The summed E-state index contributed by atoms with van der Waals surface area (Å²) in [5, 5.41) is 3.52. The van der Waals surface area contributed by atoms with Gasteiger partial charge in [-0.3, -0.25) is 9.78 Å². The number of hydrogen-bond donors (Lipinski definition) is 1. The van der Waals surface area contributed by atoms with Crippen LogP contribution in [0.2, 0.25) is 0 Å². The van der Waals surface area contributed by atoms with Crippen LogP contribution in [0.1, 0.15) is 28.8 Å². The minimum Gasteiger partial charge on any atom is -0.337 e. The maximum absolute atomic E-state index is 12.4. The van der Waals surface area contributed by atoms with Crippen molar-refractivity contribution in [1.82, 2.24) is 15.2 Å². The molecule has 2 saturated heterocycles. The van der Waals surface area contributed by atoms with Gasteiger partial charge in [0.05, 0.1) is 5.56 Å². The highest BCUT2D eigenvalue weighted by molar-refractivity contribution is 5.94. The average Bonchev–Trinajstić information content (AvgIpc) is 2.81. The van der Waals surface area contributed by atoms with Crippen molar-refractivity contribution < 1.29 is 4.79 Å². The first-order valence-electron chi connectivity index (χ1n) is 6.68. The third kappa shape index (κ3) is 2.12. The van der Waals surface area contributed by atoms with E-state index in [1.807, 2.05) is 17.9 Å². The van der Waals surface area contributed by atoms with Gasteiger partial charge in [-0.05, 0) is 43.9 Å². The minimum absolute atomic E-state index is 0.127. The number of pyridine rings is 1. The fourth-order valence-corrected chi connectivity index (χ4v) is 3.07. The standard InChI is InChI=1S/C14H19N3O/c1-10-5-12(7-15-6-10)14(18)17-8-11-3-2-4-16-13(11)9-17/h5-7,11,13,16H,2-4,8-9H2,1H3/t11-,13+/m0/s1. The minimum atomic E-state index is 0.127. The van der Waals surface area contributed by atoms with Gasteiger partial charge in [-0.25, -0.2) is 0 Å². The largest absolute Gasteiger partial charge is 0.337 e. The summed E-state index contributed by atoms with van der Waals surface area (Å²) in [6, 6.07) is 2.42. The maximum atomic E-state index is 12.4. The second-order valence-corrected chi connectivity index (χ2v) is 5.42. The molecule has 0 aliphatic carbocycles. The zero-order valence-electron chi connectivity index (χ0n) is 10.7. The van der Waals surface area contributed by atoms with Crippen LogP contribution in [0.25, 0.3) is 0 Å². The molecule has 1 amide bonds. The van der Waals surface area contributed by atoms with Crippen LogP contribution in [0.15, 0.2) is 18.5 Å². The summed E-state index contributed by atoms with van der Waals surface area (Å²) in [5.74, 6) is 0.767. The lowest BCUT2D eigenvalue weighted by atomic mass is 9.94. The van der Waals surface area contributed by atoms with Gasteiger partial charge < -0.3 is 10.2 Å². The molecule has 0 radical (unpaired) electrons. The molecule has 0 bridgehead atoms. The summed E-state index contributed by atoms with van der Waals surface area (Å²) in [4.78, 5) is 18.5. The fraction of sp³-hybridized carbons (Fsp3) is 0.571. The summed E-state index contributed by atoms with van der Waals surface area (Å²) in [7, 11) is 0. The molecule has 3 heterocycles. The van der Waals surface area contributed by atoms with Crippen LogP contribution in [-0.2, 0) is 0 Å². The molecule has 0 saturated carbocycles. The van der Waals surface area contributed by atoms with E-state index in [-0.39, 0.29) is 5.91 Å². The zero-order chi connectivity index (χ0) is 12.5. The predicted octanol–water partition coefficient (Wildman–Crippen LogP) is 1.21. The number of aryl methyl sites for hydroxylation is 1. The third-order valence-electron chi connectivity index (χ3n) is 4.01. The number of nitrogens with zero attached hydrogens (tertiary/aromatic N) is 2. The molecule has 0 spiro atoms. The molecule has 2 fully saturated rings. The van der Waals surface area contributed by atoms with Crippen molar-refractivity contribution in [3.63, 3.8) is 0 Å². The predicted molar refractivity (Wildman–Crippen MR) is 69.4 cm³/mol. The van der Waals surface area contributed by atoms with E-state index >= 15 is 0 Å². The highest BCUT2D eigenvalue weighted by Crippen LogP contribution is 2.25. The van der Waals surface area contributed by atoms with Gasteiger partial charge in [-0.1, -0.05) is 0 Å². The first kappa shape index (κ1) is 11.7. The fourth-order valence-electron chi connectivity index (χ4n) is 3.07. The van der Waals surface area contributed by atoms with Gasteiger partial charge in [0.2, 0.25) is 0 Å². The van der Waals surface area contributed by atoms with Crippen molar-refractivity contribution in [3.05, 3.63) is 29.6 Å². The van der Waals surface area contributed by atoms with Crippen molar-refractivity contribution in [2.45, 2.75) is 25.8 Å². The summed E-state index contributed by atoms with van der Waals surface area (Å²) >= 11 is 0. The van der Waals surface area contributed by atoms with Crippen molar-refractivity contribution in [2.24, 2.45) is 5.92 Å². The molecule has 2 aliphatic rings. The van der Waals surface area contributed by atoms with E-state index in [4.69, 9.17) is 0 Å². The number of amides is 1. The van der Waals surface area contributed by atoms with Crippen LogP contribution in [0.5, 0.6) is 0 Å². The van der Waals surface area contributed by atoms with Gasteiger partial charge in [0.1, 0.15) is 0 Å². The van der Waals surface area contributed by atoms with E-state index in [1.165, 1.54) is 12.8 Å². The zero-order valence-corrected chi connectivity index (χ0v) is 10.7. The van der Waals surface area contributed by atoms with E-state index in [1.54, 1.807) is 12.4 Å². The van der Waals surface area contributed by atoms with Gasteiger partial charge >= 0.3 is 0 Å². The van der Waals surface area contributed by atoms with Crippen LogP contribution in [0.4, 0.5) is 0 Å². The number of rotatable bonds is 1. The number of hydrogen-bond acceptors (Lipinski definition) is 3. The Hall–Kier alpha value is -1.42. The molecule has 4 heteroatoms. The highest BCUT2D eigenvalue weighted by Gasteiger charge is 2.36. The Kier molecular flexibility index (Phi) is 3.04. The molecular weight excluding hydrogens is 226 g/mol. The first-order valence-corrected chi connectivity index (χ1v) is 6.68. The first-order chi connectivity index (χ1) is 8.74. The average molecular weight is 245 g/mol. The number of carbonyl (C=O) groups excluding carboxylic acids is 1. The smallest absolute Gasteiger partial charge is 0.255 e. The lowest BCUT2D eigenvalue weighted by Gasteiger charge is -2.24. The Labute approximate surface area is 107 Å². The van der Waals surface area contributed by atoms with Gasteiger partial charge in [0.15, 0.2) is 0 Å². The molecule has 1 aromatic heterocycles. The molecule has 3 rings (SSSR count). The van der Waals surface area contributed by atoms with E-state index in [0.717, 1.165) is 25.2 Å². The van der Waals surface area contributed by atoms with Crippen LogP contribution in [-0.4, -0.2) is 41.5 Å². The molecule has 1 N–H and O–H groups in total. The Morgan fingerprint density at radius 1 is 1.44 bits per heavy atom. The third-order valence-corrected chi connectivity index (χ3v) is 4.01. The van der Waals surface area contributed by atoms with E-state index in [9.17, 15) is 4.79 Å². The van der Waals surface area contributed by atoms with Crippen molar-refractivity contribution in [2.75, 3.05) is 19.6 Å². The second kappa shape index (κ2) is 4.69. The topological polar surface area (TPSA) is 45.2 Å². The summed E-state index contributed by atoms with van der Waals surface area (Å²) in [6.07, 6.45) is 5.93. The molecule has 18 heavy (non-hydrogen) atoms. The molecule has 1 aromatic rings. The SMILES string of the molecule is Cc1cncc(C(=O)N2C[C@@H]3CCCN[C@@H]3C2)c1.